The third-order valence-corrected chi connectivity index (χ3v) is 5.93. The minimum Gasteiger partial charge on any atom is -0.390 e. The van der Waals surface area contributed by atoms with Gasteiger partial charge >= 0.3 is 0 Å². The number of carbonyl (C=O) groups is 1. The first kappa shape index (κ1) is 20.9. The Hall–Kier alpha value is -2.35. The van der Waals surface area contributed by atoms with Crippen LogP contribution in [0.4, 0.5) is 0 Å². The molecule has 2 aliphatic rings. The summed E-state index contributed by atoms with van der Waals surface area (Å²) < 4.78 is 5.39. The summed E-state index contributed by atoms with van der Waals surface area (Å²) in [6, 6.07) is 10.1. The van der Waals surface area contributed by atoms with Crippen molar-refractivity contribution in [2.45, 2.75) is 38.3 Å². The molecule has 1 atom stereocenters. The van der Waals surface area contributed by atoms with Gasteiger partial charge in [-0.3, -0.25) is 9.69 Å². The minimum absolute atomic E-state index is 0.205. The van der Waals surface area contributed by atoms with Crippen LogP contribution in [-0.2, 0) is 24.1 Å². The molecule has 3 heterocycles. The number of aliphatic hydroxyl groups excluding tert-OH is 1. The van der Waals surface area contributed by atoms with Gasteiger partial charge in [0.1, 0.15) is 11.5 Å². The Kier molecular flexibility index (Phi) is 7.04. The van der Waals surface area contributed by atoms with E-state index in [-0.39, 0.29) is 12.5 Å². The molecule has 2 aromatic rings. The van der Waals surface area contributed by atoms with Crippen molar-refractivity contribution in [2.24, 2.45) is 5.92 Å². The van der Waals surface area contributed by atoms with Gasteiger partial charge < -0.3 is 15.2 Å². The lowest BCUT2D eigenvalue weighted by Crippen LogP contribution is -2.42. The number of β-amino-alcohol motifs (C(OH)–C–C–N with tert-alkyl or cyclic N) is 1. The topological polar surface area (TPSA) is 87.6 Å². The summed E-state index contributed by atoms with van der Waals surface area (Å²) in [5.74, 6) is 0.935. The molecule has 7 heteroatoms. The summed E-state index contributed by atoms with van der Waals surface area (Å²) in [7, 11) is 0. The highest BCUT2D eigenvalue weighted by Gasteiger charge is 2.20. The van der Waals surface area contributed by atoms with Crippen molar-refractivity contribution < 1.29 is 14.6 Å². The van der Waals surface area contributed by atoms with Gasteiger partial charge in [-0.05, 0) is 42.4 Å². The fourth-order valence-electron chi connectivity index (χ4n) is 4.21. The molecule has 1 saturated heterocycles. The first-order valence-corrected chi connectivity index (χ1v) is 10.8. The largest absolute Gasteiger partial charge is 0.390 e. The van der Waals surface area contributed by atoms with Gasteiger partial charge in [-0.25, -0.2) is 9.97 Å². The molecule has 0 saturated carbocycles. The summed E-state index contributed by atoms with van der Waals surface area (Å²) in [6.07, 6.45) is 4.79. The van der Waals surface area contributed by atoms with Crippen molar-refractivity contribution in [1.82, 2.24) is 20.2 Å². The maximum Gasteiger partial charge on any atom is 0.270 e. The van der Waals surface area contributed by atoms with Gasteiger partial charge in [0.25, 0.3) is 5.91 Å². The number of nitrogens with zero attached hydrogens (tertiary/aromatic N) is 3. The van der Waals surface area contributed by atoms with E-state index in [1.807, 2.05) is 0 Å². The van der Waals surface area contributed by atoms with Crippen LogP contribution >= 0.6 is 0 Å². The highest BCUT2D eigenvalue weighted by atomic mass is 16.5. The summed E-state index contributed by atoms with van der Waals surface area (Å²) in [6.45, 7) is 4.06. The number of hydrogen-bond acceptors (Lipinski definition) is 6. The number of hydrogen-bond donors (Lipinski definition) is 2. The van der Waals surface area contributed by atoms with Gasteiger partial charge in [0.2, 0.25) is 0 Å². The number of amides is 1. The highest BCUT2D eigenvalue weighted by Crippen LogP contribution is 2.19. The third-order valence-electron chi connectivity index (χ3n) is 5.93. The molecule has 4 rings (SSSR count). The highest BCUT2D eigenvalue weighted by molar-refractivity contribution is 5.92. The Balaban J connectivity index is 1.24. The second kappa shape index (κ2) is 10.1. The van der Waals surface area contributed by atoms with Gasteiger partial charge in [-0.1, -0.05) is 24.3 Å². The molecule has 1 aromatic carbocycles. The molecule has 1 amide bonds. The molecule has 7 nitrogen and oxygen atoms in total. The molecule has 0 spiro atoms. The van der Waals surface area contributed by atoms with E-state index in [0.717, 1.165) is 52.0 Å². The van der Waals surface area contributed by atoms with Crippen LogP contribution in [0.5, 0.6) is 0 Å². The first-order chi connectivity index (χ1) is 14.7. The summed E-state index contributed by atoms with van der Waals surface area (Å²) in [4.78, 5) is 23.5. The maximum absolute atomic E-state index is 12.5. The molecular weight excluding hydrogens is 380 g/mol. The average Bonchev–Trinajstić information content (AvgIpc) is 2.78. The Morgan fingerprint density at radius 2 is 2.03 bits per heavy atom. The average molecular weight is 411 g/mol. The second-order valence-electron chi connectivity index (χ2n) is 8.24. The fourth-order valence-corrected chi connectivity index (χ4v) is 4.21. The van der Waals surface area contributed by atoms with Crippen molar-refractivity contribution in [3.05, 3.63) is 59.2 Å². The van der Waals surface area contributed by atoms with E-state index < -0.39 is 6.10 Å². The van der Waals surface area contributed by atoms with Crippen LogP contribution in [0.25, 0.3) is 0 Å². The Morgan fingerprint density at radius 1 is 1.23 bits per heavy atom. The van der Waals surface area contributed by atoms with E-state index >= 15 is 0 Å². The second-order valence-corrected chi connectivity index (χ2v) is 8.24. The van der Waals surface area contributed by atoms with Crippen molar-refractivity contribution in [2.75, 3.05) is 32.8 Å². The van der Waals surface area contributed by atoms with Crippen LogP contribution in [0, 0.1) is 5.92 Å². The zero-order valence-electron chi connectivity index (χ0n) is 17.3. The molecule has 0 bridgehead atoms. The maximum atomic E-state index is 12.5. The predicted octanol–water partition coefficient (Wildman–Crippen LogP) is 1.59. The molecule has 1 fully saturated rings. The van der Waals surface area contributed by atoms with Crippen LogP contribution in [0.2, 0.25) is 0 Å². The van der Waals surface area contributed by atoms with Gasteiger partial charge in [0, 0.05) is 52.0 Å². The smallest absolute Gasteiger partial charge is 0.270 e. The van der Waals surface area contributed by atoms with Crippen LogP contribution < -0.4 is 5.32 Å². The van der Waals surface area contributed by atoms with Crippen LogP contribution in [0.15, 0.2) is 36.5 Å². The molecule has 2 aliphatic heterocycles. The van der Waals surface area contributed by atoms with E-state index in [9.17, 15) is 9.90 Å². The zero-order chi connectivity index (χ0) is 20.8. The molecule has 160 valence electrons. The fraction of sp³-hybridized carbons (Fsp3) is 0.522. The number of rotatable bonds is 7. The Bertz CT molecular complexity index is 854. The number of aliphatic hydroxyl groups is 1. The Morgan fingerprint density at radius 3 is 2.87 bits per heavy atom. The molecule has 30 heavy (non-hydrogen) atoms. The lowest BCUT2D eigenvalue weighted by Gasteiger charge is -2.30. The molecular formula is C23H30N4O3. The van der Waals surface area contributed by atoms with Gasteiger partial charge in [-0.2, -0.15) is 0 Å². The predicted molar refractivity (Wildman–Crippen MR) is 113 cm³/mol. The SMILES string of the molecule is O=C(NCC(O)CN1CCc2ccccc2C1)c1ccnc(CC2CCOCC2)n1. The van der Waals surface area contributed by atoms with E-state index in [1.165, 1.54) is 11.1 Å². The zero-order valence-corrected chi connectivity index (χ0v) is 17.3. The van der Waals surface area contributed by atoms with E-state index in [4.69, 9.17) is 4.74 Å². The number of carbonyl (C=O) groups excluding carboxylic acids is 1. The minimum atomic E-state index is -0.622. The third kappa shape index (κ3) is 5.62. The van der Waals surface area contributed by atoms with Crippen molar-refractivity contribution in [3.63, 3.8) is 0 Å². The number of nitrogens with one attached hydrogen (secondary N) is 1. The van der Waals surface area contributed by atoms with Gasteiger partial charge in [-0.15, -0.1) is 0 Å². The first-order valence-electron chi connectivity index (χ1n) is 10.8. The quantitative estimate of drug-likeness (QED) is 0.721. The van der Waals surface area contributed by atoms with Crippen molar-refractivity contribution in [1.29, 1.82) is 0 Å². The summed E-state index contributed by atoms with van der Waals surface area (Å²) in [5.41, 5.74) is 3.06. The van der Waals surface area contributed by atoms with Gasteiger partial charge in [0.05, 0.1) is 6.10 Å². The lowest BCUT2D eigenvalue weighted by molar-refractivity contribution is 0.0659. The number of fused-ring (bicyclic) bond motifs is 1. The molecule has 1 aromatic heterocycles. The number of aromatic nitrogens is 2. The van der Waals surface area contributed by atoms with Crippen LogP contribution in [0.1, 0.15) is 40.3 Å². The van der Waals surface area contributed by atoms with Crippen molar-refractivity contribution in [3.8, 4) is 0 Å². The normalized spacial score (nSPS) is 18.6. The van der Waals surface area contributed by atoms with Crippen LogP contribution in [-0.4, -0.2) is 64.8 Å². The van der Waals surface area contributed by atoms with Crippen LogP contribution in [0.3, 0.4) is 0 Å². The van der Waals surface area contributed by atoms with Crippen molar-refractivity contribution >= 4 is 5.91 Å². The summed E-state index contributed by atoms with van der Waals surface area (Å²) >= 11 is 0. The van der Waals surface area contributed by atoms with E-state index in [1.54, 1.807) is 12.3 Å². The van der Waals surface area contributed by atoms with E-state index in [2.05, 4.69) is 44.5 Å². The molecule has 2 N–H and O–H groups in total. The number of benzene rings is 1. The molecule has 1 unspecified atom stereocenters. The monoisotopic (exact) mass is 410 g/mol. The lowest BCUT2D eigenvalue weighted by atomic mass is 9.96. The molecule has 0 radical (unpaired) electrons. The number of ether oxygens (including phenoxy) is 1. The standard InChI is InChI=1S/C23H30N4O3/c28-20(16-27-10-6-18-3-1-2-4-19(18)15-27)14-25-23(29)21-5-9-24-22(26-21)13-17-7-11-30-12-8-17/h1-5,9,17,20,28H,6-8,10-16H2,(H,25,29). The Labute approximate surface area is 177 Å². The molecule has 0 aliphatic carbocycles. The summed E-state index contributed by atoms with van der Waals surface area (Å²) in [5, 5.41) is 13.2. The van der Waals surface area contributed by atoms with E-state index in [0.29, 0.717) is 24.0 Å². The van der Waals surface area contributed by atoms with Gasteiger partial charge in [0.15, 0.2) is 0 Å².